The maximum Gasteiger partial charge on any atom is 0.0709 e. The number of hydrogen-bond donors (Lipinski definition) is 0. The summed E-state index contributed by atoms with van der Waals surface area (Å²) in [5.74, 6) is 0. The number of aromatic nitrogens is 1. The van der Waals surface area contributed by atoms with E-state index < -0.39 is 0 Å². The van der Waals surface area contributed by atoms with Gasteiger partial charge in [-0.25, -0.2) is 4.98 Å². The molecule has 0 aliphatic heterocycles. The van der Waals surface area contributed by atoms with Crippen molar-refractivity contribution < 1.29 is 0 Å². The third kappa shape index (κ3) is 3.34. The van der Waals surface area contributed by atoms with Gasteiger partial charge in [-0.3, -0.25) is 0 Å². The molecule has 1 heterocycles. The summed E-state index contributed by atoms with van der Waals surface area (Å²) < 4.78 is 0. The minimum atomic E-state index is 0.986. The highest BCUT2D eigenvalue weighted by molar-refractivity contribution is 7.98. The van der Waals surface area contributed by atoms with Gasteiger partial charge in [0.1, 0.15) is 0 Å². The fourth-order valence-corrected chi connectivity index (χ4v) is 2.66. The Bertz CT molecular complexity index is 788. The normalized spacial score (nSPS) is 11.3. The molecule has 2 heteroatoms. The molecular weight excluding hydrogens is 274 g/mol. The van der Waals surface area contributed by atoms with Crippen LogP contribution in [0.25, 0.3) is 23.1 Å². The van der Waals surface area contributed by atoms with E-state index in [4.69, 9.17) is 0 Å². The quantitative estimate of drug-likeness (QED) is 0.596. The first-order valence-electron chi connectivity index (χ1n) is 6.94. The first-order chi connectivity index (χ1) is 10.2. The summed E-state index contributed by atoms with van der Waals surface area (Å²) in [6, 6.07) is 19.1. The number of benzene rings is 2. The second kappa shape index (κ2) is 6.15. The van der Waals surface area contributed by atoms with Crippen LogP contribution in [0.15, 0.2) is 59.5 Å². The highest BCUT2D eigenvalue weighted by Crippen LogP contribution is 2.18. The molecule has 0 aliphatic rings. The topological polar surface area (TPSA) is 12.9 Å². The standard InChI is InChI=1S/C19H17NS/c1-14-3-12-19-16(13-14)7-9-17(20-19)8-4-15-5-10-18(21-2)11-6-15/h3-13H,1-2H3/b8-4+. The van der Waals surface area contributed by atoms with Gasteiger partial charge in [-0.1, -0.05) is 35.9 Å². The zero-order chi connectivity index (χ0) is 14.7. The van der Waals surface area contributed by atoms with Crippen molar-refractivity contribution >= 4 is 34.8 Å². The largest absolute Gasteiger partial charge is 0.248 e. The van der Waals surface area contributed by atoms with E-state index in [9.17, 15) is 0 Å². The van der Waals surface area contributed by atoms with Crippen LogP contribution in [0.3, 0.4) is 0 Å². The van der Waals surface area contributed by atoms with E-state index in [1.165, 1.54) is 21.4 Å². The van der Waals surface area contributed by atoms with Crippen molar-refractivity contribution in [3.8, 4) is 0 Å². The van der Waals surface area contributed by atoms with Crippen LogP contribution in [0.5, 0.6) is 0 Å². The number of aryl methyl sites for hydroxylation is 1. The summed E-state index contributed by atoms with van der Waals surface area (Å²) in [7, 11) is 0. The fourth-order valence-electron chi connectivity index (χ4n) is 2.25. The van der Waals surface area contributed by atoms with Gasteiger partial charge in [0, 0.05) is 10.3 Å². The van der Waals surface area contributed by atoms with Crippen molar-refractivity contribution in [2.75, 3.05) is 6.26 Å². The minimum Gasteiger partial charge on any atom is -0.248 e. The Kier molecular flexibility index (Phi) is 4.07. The van der Waals surface area contributed by atoms with Gasteiger partial charge in [-0.2, -0.15) is 0 Å². The average Bonchev–Trinajstić information content (AvgIpc) is 2.53. The molecule has 0 N–H and O–H groups in total. The Hall–Kier alpha value is -2.06. The molecule has 1 aromatic heterocycles. The summed E-state index contributed by atoms with van der Waals surface area (Å²) in [6.45, 7) is 2.10. The zero-order valence-electron chi connectivity index (χ0n) is 12.2. The van der Waals surface area contributed by atoms with Crippen molar-refractivity contribution in [1.29, 1.82) is 0 Å². The Morgan fingerprint density at radius 1 is 0.905 bits per heavy atom. The number of rotatable bonds is 3. The monoisotopic (exact) mass is 291 g/mol. The Morgan fingerprint density at radius 3 is 2.48 bits per heavy atom. The molecule has 3 aromatic rings. The highest BCUT2D eigenvalue weighted by Gasteiger charge is 1.96. The minimum absolute atomic E-state index is 0.986. The third-order valence-corrected chi connectivity index (χ3v) is 4.17. The average molecular weight is 291 g/mol. The van der Waals surface area contributed by atoms with E-state index in [2.05, 4.69) is 84.9 Å². The summed E-state index contributed by atoms with van der Waals surface area (Å²) in [5.41, 5.74) is 4.49. The lowest BCUT2D eigenvalue weighted by molar-refractivity contribution is 1.36. The van der Waals surface area contributed by atoms with Gasteiger partial charge < -0.3 is 0 Å². The number of pyridine rings is 1. The van der Waals surface area contributed by atoms with E-state index in [0.29, 0.717) is 0 Å². The van der Waals surface area contributed by atoms with Crippen LogP contribution < -0.4 is 0 Å². The summed E-state index contributed by atoms with van der Waals surface area (Å²) in [6.07, 6.45) is 6.26. The van der Waals surface area contributed by atoms with Crippen LogP contribution in [0.2, 0.25) is 0 Å². The van der Waals surface area contributed by atoms with Crippen molar-refractivity contribution in [3.63, 3.8) is 0 Å². The Morgan fingerprint density at radius 2 is 1.71 bits per heavy atom. The number of nitrogens with zero attached hydrogens (tertiary/aromatic N) is 1. The summed E-state index contributed by atoms with van der Waals surface area (Å²) in [5, 5.41) is 1.19. The predicted molar refractivity (Wildman–Crippen MR) is 93.6 cm³/mol. The van der Waals surface area contributed by atoms with Gasteiger partial charge in [-0.05, 0) is 55.2 Å². The van der Waals surface area contributed by atoms with E-state index in [1.807, 2.05) is 0 Å². The molecule has 0 saturated carbocycles. The van der Waals surface area contributed by atoms with Crippen molar-refractivity contribution in [2.45, 2.75) is 11.8 Å². The molecule has 0 unspecified atom stereocenters. The van der Waals surface area contributed by atoms with E-state index in [1.54, 1.807) is 11.8 Å². The lowest BCUT2D eigenvalue weighted by Gasteiger charge is -2.01. The molecule has 0 atom stereocenters. The van der Waals surface area contributed by atoms with Gasteiger partial charge in [0.05, 0.1) is 11.2 Å². The van der Waals surface area contributed by atoms with Crippen LogP contribution in [-0.4, -0.2) is 11.2 Å². The van der Waals surface area contributed by atoms with Gasteiger partial charge in [0.15, 0.2) is 0 Å². The van der Waals surface area contributed by atoms with Gasteiger partial charge in [0.25, 0.3) is 0 Å². The lowest BCUT2D eigenvalue weighted by atomic mass is 10.1. The molecule has 0 spiro atoms. The molecule has 0 amide bonds. The van der Waals surface area contributed by atoms with Crippen LogP contribution in [0, 0.1) is 6.92 Å². The molecule has 2 aromatic carbocycles. The predicted octanol–water partition coefficient (Wildman–Crippen LogP) is 5.44. The second-order valence-electron chi connectivity index (χ2n) is 5.04. The molecular formula is C19H17NS. The molecule has 0 saturated heterocycles. The van der Waals surface area contributed by atoms with Crippen molar-refractivity contribution in [2.24, 2.45) is 0 Å². The summed E-state index contributed by atoms with van der Waals surface area (Å²) >= 11 is 1.76. The molecule has 1 nitrogen and oxygen atoms in total. The highest BCUT2D eigenvalue weighted by atomic mass is 32.2. The zero-order valence-corrected chi connectivity index (χ0v) is 13.0. The third-order valence-electron chi connectivity index (χ3n) is 3.43. The van der Waals surface area contributed by atoms with E-state index in [-0.39, 0.29) is 0 Å². The van der Waals surface area contributed by atoms with Gasteiger partial charge in [-0.15, -0.1) is 11.8 Å². The van der Waals surface area contributed by atoms with Crippen LogP contribution in [-0.2, 0) is 0 Å². The maximum absolute atomic E-state index is 4.67. The molecule has 3 rings (SSSR count). The van der Waals surface area contributed by atoms with Crippen LogP contribution in [0.4, 0.5) is 0 Å². The smallest absolute Gasteiger partial charge is 0.0709 e. The van der Waals surface area contributed by atoms with Gasteiger partial charge >= 0.3 is 0 Å². The maximum atomic E-state index is 4.67. The molecule has 104 valence electrons. The molecule has 0 radical (unpaired) electrons. The molecule has 21 heavy (non-hydrogen) atoms. The SMILES string of the molecule is CSc1ccc(/C=C/c2ccc3cc(C)ccc3n2)cc1. The van der Waals surface area contributed by atoms with Gasteiger partial charge in [0.2, 0.25) is 0 Å². The number of fused-ring (bicyclic) bond motifs is 1. The molecule has 0 bridgehead atoms. The molecule has 0 aliphatic carbocycles. The Balaban J connectivity index is 1.86. The second-order valence-corrected chi connectivity index (χ2v) is 5.92. The summed E-state index contributed by atoms with van der Waals surface area (Å²) in [4.78, 5) is 5.96. The van der Waals surface area contributed by atoms with E-state index in [0.717, 1.165) is 11.2 Å². The first-order valence-corrected chi connectivity index (χ1v) is 8.17. The fraction of sp³-hybridized carbons (Fsp3) is 0.105. The van der Waals surface area contributed by atoms with E-state index >= 15 is 0 Å². The number of hydrogen-bond acceptors (Lipinski definition) is 2. The Labute approximate surface area is 129 Å². The van der Waals surface area contributed by atoms with Crippen molar-refractivity contribution in [1.82, 2.24) is 4.98 Å². The number of thioether (sulfide) groups is 1. The first kappa shape index (κ1) is 13.9. The van der Waals surface area contributed by atoms with Crippen molar-refractivity contribution in [3.05, 3.63) is 71.4 Å². The van der Waals surface area contributed by atoms with Crippen LogP contribution in [0.1, 0.15) is 16.8 Å². The molecule has 0 fully saturated rings. The lowest BCUT2D eigenvalue weighted by Crippen LogP contribution is -1.84. The van der Waals surface area contributed by atoms with Crippen LogP contribution >= 0.6 is 11.8 Å².